The van der Waals surface area contributed by atoms with Crippen molar-refractivity contribution < 1.29 is 9.53 Å². The van der Waals surface area contributed by atoms with Gasteiger partial charge in [-0.1, -0.05) is 36.8 Å². The van der Waals surface area contributed by atoms with E-state index in [0.717, 1.165) is 18.5 Å². The Hall–Kier alpha value is -1.35. The van der Waals surface area contributed by atoms with Crippen LogP contribution in [0.4, 0.5) is 0 Å². The lowest BCUT2D eigenvalue weighted by Crippen LogP contribution is -2.37. The molecule has 1 aliphatic heterocycles. The monoisotopic (exact) mass is 261 g/mol. The molecule has 0 spiro atoms. The van der Waals surface area contributed by atoms with Gasteiger partial charge in [-0.05, 0) is 32.0 Å². The van der Waals surface area contributed by atoms with Crippen LogP contribution in [0.2, 0.25) is 0 Å². The SMILES string of the molecule is CC(=O)O[C@H](C[C@@H]1CCCCN1C)c1ccccc1. The molecule has 1 aromatic carbocycles. The van der Waals surface area contributed by atoms with Gasteiger partial charge in [0.1, 0.15) is 6.10 Å². The zero-order chi connectivity index (χ0) is 13.7. The lowest BCUT2D eigenvalue weighted by atomic mass is 9.94. The number of carbonyl (C=O) groups excluding carboxylic acids is 1. The van der Waals surface area contributed by atoms with E-state index >= 15 is 0 Å². The predicted octanol–water partition coefficient (Wildman–Crippen LogP) is 3.17. The Morgan fingerprint density at radius 1 is 1.37 bits per heavy atom. The Morgan fingerprint density at radius 3 is 2.74 bits per heavy atom. The fourth-order valence-corrected chi connectivity index (χ4v) is 2.81. The van der Waals surface area contributed by atoms with Crippen molar-refractivity contribution in [3.63, 3.8) is 0 Å². The van der Waals surface area contributed by atoms with Crippen LogP contribution in [-0.4, -0.2) is 30.5 Å². The molecule has 0 saturated carbocycles. The summed E-state index contributed by atoms with van der Waals surface area (Å²) in [6.45, 7) is 2.63. The van der Waals surface area contributed by atoms with Crippen molar-refractivity contribution in [2.75, 3.05) is 13.6 Å². The molecule has 2 rings (SSSR count). The van der Waals surface area contributed by atoms with E-state index in [1.54, 1.807) is 0 Å². The summed E-state index contributed by atoms with van der Waals surface area (Å²) in [4.78, 5) is 13.7. The van der Waals surface area contributed by atoms with E-state index in [-0.39, 0.29) is 12.1 Å². The summed E-state index contributed by atoms with van der Waals surface area (Å²) in [5.74, 6) is -0.202. The smallest absolute Gasteiger partial charge is 0.303 e. The molecule has 104 valence electrons. The number of benzene rings is 1. The molecule has 2 atom stereocenters. The number of hydrogen-bond acceptors (Lipinski definition) is 3. The van der Waals surface area contributed by atoms with Crippen LogP contribution in [0.3, 0.4) is 0 Å². The zero-order valence-electron chi connectivity index (χ0n) is 11.8. The Kier molecular flexibility index (Phi) is 4.97. The molecule has 0 unspecified atom stereocenters. The molecule has 0 aliphatic carbocycles. The molecule has 0 bridgehead atoms. The molecule has 0 amide bonds. The third-order valence-electron chi connectivity index (χ3n) is 3.89. The van der Waals surface area contributed by atoms with E-state index in [9.17, 15) is 4.79 Å². The molecule has 1 saturated heterocycles. The molecule has 1 heterocycles. The summed E-state index contributed by atoms with van der Waals surface area (Å²) >= 11 is 0. The Labute approximate surface area is 115 Å². The molecule has 1 aromatic rings. The molecule has 19 heavy (non-hydrogen) atoms. The van der Waals surface area contributed by atoms with Crippen LogP contribution >= 0.6 is 0 Å². The van der Waals surface area contributed by atoms with Crippen LogP contribution in [0, 0.1) is 0 Å². The third kappa shape index (κ3) is 4.06. The number of nitrogens with zero attached hydrogens (tertiary/aromatic N) is 1. The molecular weight excluding hydrogens is 238 g/mol. The van der Waals surface area contributed by atoms with E-state index in [2.05, 4.69) is 11.9 Å². The zero-order valence-corrected chi connectivity index (χ0v) is 11.8. The summed E-state index contributed by atoms with van der Waals surface area (Å²) in [6, 6.07) is 10.6. The number of ether oxygens (including phenoxy) is 1. The van der Waals surface area contributed by atoms with Gasteiger partial charge in [0.2, 0.25) is 0 Å². The average molecular weight is 261 g/mol. The largest absolute Gasteiger partial charge is 0.458 e. The summed E-state index contributed by atoms with van der Waals surface area (Å²) in [5, 5.41) is 0. The fraction of sp³-hybridized carbons (Fsp3) is 0.562. The standard InChI is InChI=1S/C16H23NO2/c1-13(18)19-16(14-8-4-3-5-9-14)12-15-10-6-7-11-17(15)2/h3-5,8-9,15-16H,6-7,10-12H2,1-2H3/t15-,16+/m0/s1. The van der Waals surface area contributed by atoms with Gasteiger partial charge in [0.15, 0.2) is 0 Å². The van der Waals surface area contributed by atoms with Crippen LogP contribution < -0.4 is 0 Å². The fourth-order valence-electron chi connectivity index (χ4n) is 2.81. The first-order valence-corrected chi connectivity index (χ1v) is 7.09. The minimum absolute atomic E-state index is 0.121. The van der Waals surface area contributed by atoms with E-state index in [4.69, 9.17) is 4.74 Å². The number of carbonyl (C=O) groups is 1. The van der Waals surface area contributed by atoms with Gasteiger partial charge >= 0.3 is 5.97 Å². The van der Waals surface area contributed by atoms with Crippen LogP contribution in [-0.2, 0) is 9.53 Å². The lowest BCUT2D eigenvalue weighted by molar-refractivity contribution is -0.147. The quantitative estimate of drug-likeness (QED) is 0.780. The Morgan fingerprint density at radius 2 is 2.11 bits per heavy atom. The first kappa shape index (κ1) is 14.1. The van der Waals surface area contributed by atoms with Gasteiger partial charge in [0.25, 0.3) is 0 Å². The molecule has 1 aliphatic rings. The maximum atomic E-state index is 11.3. The topological polar surface area (TPSA) is 29.5 Å². The highest BCUT2D eigenvalue weighted by molar-refractivity contribution is 5.66. The van der Waals surface area contributed by atoms with E-state index in [1.165, 1.54) is 26.2 Å². The van der Waals surface area contributed by atoms with E-state index in [1.807, 2.05) is 30.3 Å². The minimum Gasteiger partial charge on any atom is -0.458 e. The highest BCUT2D eigenvalue weighted by Crippen LogP contribution is 2.28. The van der Waals surface area contributed by atoms with Gasteiger partial charge in [-0.25, -0.2) is 0 Å². The van der Waals surface area contributed by atoms with Gasteiger partial charge in [0, 0.05) is 19.4 Å². The molecule has 1 fully saturated rings. The van der Waals surface area contributed by atoms with E-state index < -0.39 is 0 Å². The second-order valence-electron chi connectivity index (χ2n) is 5.37. The summed E-state index contributed by atoms with van der Waals surface area (Å²) in [5.41, 5.74) is 1.09. The predicted molar refractivity (Wildman–Crippen MR) is 75.8 cm³/mol. The second-order valence-corrected chi connectivity index (χ2v) is 5.37. The molecule has 3 heteroatoms. The summed E-state index contributed by atoms with van der Waals surface area (Å²) in [6.07, 6.45) is 4.51. The number of piperidine rings is 1. The van der Waals surface area contributed by atoms with Crippen LogP contribution in [0.1, 0.15) is 44.3 Å². The van der Waals surface area contributed by atoms with Gasteiger partial charge in [-0.2, -0.15) is 0 Å². The van der Waals surface area contributed by atoms with Crippen LogP contribution in [0.5, 0.6) is 0 Å². The van der Waals surface area contributed by atoms with Crippen molar-refractivity contribution in [3.8, 4) is 0 Å². The highest BCUT2D eigenvalue weighted by Gasteiger charge is 2.25. The second kappa shape index (κ2) is 6.71. The van der Waals surface area contributed by atoms with Gasteiger partial charge in [-0.15, -0.1) is 0 Å². The first-order chi connectivity index (χ1) is 9.16. The molecule has 0 N–H and O–H groups in total. The average Bonchev–Trinajstić information content (AvgIpc) is 2.41. The third-order valence-corrected chi connectivity index (χ3v) is 3.89. The van der Waals surface area contributed by atoms with Gasteiger partial charge < -0.3 is 9.64 Å². The molecular formula is C16H23NO2. The number of esters is 1. The van der Waals surface area contributed by atoms with Gasteiger partial charge in [0.05, 0.1) is 0 Å². The van der Waals surface area contributed by atoms with Gasteiger partial charge in [-0.3, -0.25) is 4.79 Å². The maximum absolute atomic E-state index is 11.3. The van der Waals surface area contributed by atoms with Crippen molar-refractivity contribution in [2.45, 2.75) is 44.8 Å². The Balaban J connectivity index is 2.07. The van der Waals surface area contributed by atoms with Crippen molar-refractivity contribution in [2.24, 2.45) is 0 Å². The van der Waals surface area contributed by atoms with E-state index in [0.29, 0.717) is 6.04 Å². The highest BCUT2D eigenvalue weighted by atomic mass is 16.5. The Bertz CT molecular complexity index is 404. The van der Waals surface area contributed by atoms with Crippen molar-refractivity contribution in [1.82, 2.24) is 4.90 Å². The van der Waals surface area contributed by atoms with Crippen molar-refractivity contribution in [1.29, 1.82) is 0 Å². The number of rotatable bonds is 4. The summed E-state index contributed by atoms with van der Waals surface area (Å²) < 4.78 is 5.52. The van der Waals surface area contributed by atoms with Crippen LogP contribution in [0.25, 0.3) is 0 Å². The van der Waals surface area contributed by atoms with Crippen molar-refractivity contribution >= 4 is 5.97 Å². The molecule has 0 radical (unpaired) electrons. The molecule has 0 aromatic heterocycles. The first-order valence-electron chi connectivity index (χ1n) is 7.09. The molecule has 3 nitrogen and oxygen atoms in total. The minimum atomic E-state index is -0.202. The number of hydrogen-bond donors (Lipinski definition) is 0. The van der Waals surface area contributed by atoms with Crippen LogP contribution in [0.15, 0.2) is 30.3 Å². The maximum Gasteiger partial charge on any atom is 0.303 e. The van der Waals surface area contributed by atoms with Crippen molar-refractivity contribution in [3.05, 3.63) is 35.9 Å². The number of likely N-dealkylation sites (tertiary alicyclic amines) is 1. The summed E-state index contributed by atoms with van der Waals surface area (Å²) in [7, 11) is 2.17. The normalized spacial score (nSPS) is 21.9. The lowest BCUT2D eigenvalue weighted by Gasteiger charge is -2.34.